The Labute approximate surface area is 193 Å². The number of fused-ring (bicyclic) bond motifs is 2. The maximum Gasteiger partial charge on any atom is 0.290 e. The molecule has 164 valence electrons. The molecule has 0 unspecified atom stereocenters. The van der Waals surface area contributed by atoms with Crippen molar-refractivity contribution in [1.29, 1.82) is 0 Å². The van der Waals surface area contributed by atoms with E-state index in [1.54, 1.807) is 35.0 Å². The summed E-state index contributed by atoms with van der Waals surface area (Å²) in [5.41, 5.74) is 4.88. The molecule has 0 spiro atoms. The second-order valence-corrected chi connectivity index (χ2v) is 7.74. The zero-order valence-corrected chi connectivity index (χ0v) is 17.6. The quantitative estimate of drug-likeness (QED) is 0.415. The van der Waals surface area contributed by atoms with Crippen LogP contribution in [-0.2, 0) is 0 Å². The lowest BCUT2D eigenvalue weighted by Crippen LogP contribution is -2.46. The average molecular weight is 448 g/mol. The third-order valence-corrected chi connectivity index (χ3v) is 5.63. The van der Waals surface area contributed by atoms with Crippen molar-refractivity contribution in [3.63, 3.8) is 0 Å². The van der Waals surface area contributed by atoms with E-state index in [2.05, 4.69) is 10.5 Å². The van der Waals surface area contributed by atoms with Crippen LogP contribution in [0.5, 0.6) is 0 Å². The summed E-state index contributed by atoms with van der Waals surface area (Å²) in [4.78, 5) is 38.4. The Kier molecular flexibility index (Phi) is 4.38. The van der Waals surface area contributed by atoms with Gasteiger partial charge < -0.3 is 4.42 Å². The Bertz CT molecular complexity index is 1530. The van der Waals surface area contributed by atoms with E-state index in [-0.39, 0.29) is 16.8 Å². The fourth-order valence-electron chi connectivity index (χ4n) is 3.99. The number of amides is 3. The summed E-state index contributed by atoms with van der Waals surface area (Å²) < 4.78 is 7.60. The first kappa shape index (κ1) is 19.7. The number of nitrogens with one attached hydrogen (secondary N) is 1. The van der Waals surface area contributed by atoms with E-state index in [9.17, 15) is 14.4 Å². The maximum absolute atomic E-state index is 13.1. The van der Waals surface area contributed by atoms with Gasteiger partial charge in [-0.1, -0.05) is 48.5 Å². The minimum Gasteiger partial charge on any atom is -0.454 e. The van der Waals surface area contributed by atoms with Crippen molar-refractivity contribution in [3.8, 4) is 17.1 Å². The lowest BCUT2D eigenvalue weighted by atomic mass is 10.1. The van der Waals surface area contributed by atoms with Gasteiger partial charge in [-0.25, -0.2) is 4.68 Å². The summed E-state index contributed by atoms with van der Waals surface area (Å²) in [5.74, 6) is -1.35. The number of furan rings is 1. The van der Waals surface area contributed by atoms with Gasteiger partial charge in [0.1, 0.15) is 11.3 Å². The second kappa shape index (κ2) is 7.56. The van der Waals surface area contributed by atoms with Crippen LogP contribution >= 0.6 is 0 Å². The predicted octanol–water partition coefficient (Wildman–Crippen LogP) is 4.23. The summed E-state index contributed by atoms with van der Waals surface area (Å²) in [6.07, 6.45) is 0. The van der Waals surface area contributed by atoms with Crippen LogP contribution in [-0.4, -0.2) is 32.5 Å². The van der Waals surface area contributed by atoms with Gasteiger partial charge in [0.25, 0.3) is 17.7 Å². The number of hydrazine groups is 1. The molecule has 3 heterocycles. The van der Waals surface area contributed by atoms with E-state index in [4.69, 9.17) is 4.42 Å². The van der Waals surface area contributed by atoms with Gasteiger partial charge >= 0.3 is 0 Å². The zero-order valence-electron chi connectivity index (χ0n) is 17.6. The Morgan fingerprint density at radius 1 is 0.794 bits per heavy atom. The van der Waals surface area contributed by atoms with Crippen molar-refractivity contribution in [1.82, 2.24) is 20.2 Å². The van der Waals surface area contributed by atoms with Gasteiger partial charge in [-0.05, 0) is 36.4 Å². The predicted molar refractivity (Wildman–Crippen MR) is 123 cm³/mol. The first-order valence-corrected chi connectivity index (χ1v) is 10.5. The molecule has 3 amide bonds. The molecule has 3 aromatic carbocycles. The lowest BCUT2D eigenvalue weighted by Gasteiger charge is -2.13. The number of rotatable bonds is 4. The van der Waals surface area contributed by atoms with Crippen LogP contribution in [0, 0.1) is 0 Å². The van der Waals surface area contributed by atoms with Crippen LogP contribution in [0.1, 0.15) is 31.2 Å². The molecule has 2 aromatic heterocycles. The van der Waals surface area contributed by atoms with E-state index >= 15 is 0 Å². The number of benzene rings is 3. The van der Waals surface area contributed by atoms with E-state index in [0.29, 0.717) is 17.0 Å². The van der Waals surface area contributed by atoms with Crippen molar-refractivity contribution in [2.75, 3.05) is 0 Å². The molecular formula is C26H16N4O4. The van der Waals surface area contributed by atoms with E-state index in [1.165, 1.54) is 0 Å². The molecule has 8 nitrogen and oxygen atoms in total. The van der Waals surface area contributed by atoms with Crippen LogP contribution in [0.4, 0.5) is 0 Å². The maximum atomic E-state index is 13.1. The molecule has 1 N–H and O–H groups in total. The van der Waals surface area contributed by atoms with Crippen LogP contribution in [0.25, 0.3) is 28.1 Å². The molecule has 34 heavy (non-hydrogen) atoms. The molecule has 8 heteroatoms. The van der Waals surface area contributed by atoms with Crippen LogP contribution < -0.4 is 5.43 Å². The van der Waals surface area contributed by atoms with Crippen LogP contribution in [0.3, 0.4) is 0 Å². The van der Waals surface area contributed by atoms with Gasteiger partial charge in [0.15, 0.2) is 11.5 Å². The van der Waals surface area contributed by atoms with Crippen molar-refractivity contribution < 1.29 is 18.8 Å². The monoisotopic (exact) mass is 448 g/mol. The topological polar surface area (TPSA) is 97.4 Å². The highest BCUT2D eigenvalue weighted by atomic mass is 16.3. The Morgan fingerprint density at radius 3 is 2.15 bits per heavy atom. The number of imide groups is 1. The number of para-hydroxylation sites is 2. The molecule has 0 bridgehead atoms. The molecule has 0 radical (unpaired) electrons. The minimum atomic E-state index is -0.693. The Morgan fingerprint density at radius 2 is 1.44 bits per heavy atom. The van der Waals surface area contributed by atoms with Gasteiger partial charge in [-0.15, -0.1) is 0 Å². The van der Waals surface area contributed by atoms with Crippen molar-refractivity contribution in [2.24, 2.45) is 0 Å². The van der Waals surface area contributed by atoms with Crippen LogP contribution in [0.15, 0.2) is 95.4 Å². The molecule has 0 saturated heterocycles. The highest BCUT2D eigenvalue weighted by Gasteiger charge is 2.37. The number of hydrogen-bond acceptors (Lipinski definition) is 5. The number of carbonyl (C=O) groups excluding carboxylic acids is 3. The van der Waals surface area contributed by atoms with Gasteiger partial charge in [0, 0.05) is 11.5 Å². The Balaban J connectivity index is 1.39. The summed E-state index contributed by atoms with van der Waals surface area (Å²) >= 11 is 0. The van der Waals surface area contributed by atoms with Gasteiger partial charge in [0.2, 0.25) is 0 Å². The normalized spacial score (nSPS) is 12.9. The molecule has 0 aliphatic carbocycles. The largest absolute Gasteiger partial charge is 0.454 e. The average Bonchev–Trinajstić information content (AvgIpc) is 3.56. The van der Waals surface area contributed by atoms with Crippen molar-refractivity contribution in [2.45, 2.75) is 0 Å². The number of nitrogens with zero attached hydrogens (tertiary/aromatic N) is 3. The van der Waals surface area contributed by atoms with Gasteiger partial charge in [0.05, 0.1) is 16.8 Å². The molecule has 1 aliphatic rings. The molecule has 0 saturated carbocycles. The number of aromatic nitrogens is 2. The summed E-state index contributed by atoms with van der Waals surface area (Å²) in [7, 11) is 0. The first-order valence-electron chi connectivity index (χ1n) is 10.5. The molecule has 1 aliphatic heterocycles. The SMILES string of the molecule is O=C(NN1C(=O)c2ccccc2C1=O)c1cc(-c2cc3ccccc3o2)n(-c2ccccc2)n1. The smallest absolute Gasteiger partial charge is 0.290 e. The molecular weight excluding hydrogens is 432 g/mol. The zero-order chi connectivity index (χ0) is 23.2. The summed E-state index contributed by atoms with van der Waals surface area (Å²) in [6, 6.07) is 26.7. The van der Waals surface area contributed by atoms with E-state index in [0.717, 1.165) is 16.1 Å². The van der Waals surface area contributed by atoms with E-state index in [1.807, 2.05) is 60.7 Å². The third-order valence-electron chi connectivity index (χ3n) is 5.63. The molecule has 6 rings (SSSR count). The van der Waals surface area contributed by atoms with Crippen molar-refractivity contribution in [3.05, 3.63) is 108 Å². The van der Waals surface area contributed by atoms with Crippen molar-refractivity contribution >= 4 is 28.7 Å². The number of hydrogen-bond donors (Lipinski definition) is 1. The van der Waals surface area contributed by atoms with Gasteiger partial charge in [-0.3, -0.25) is 19.8 Å². The summed E-state index contributed by atoms with van der Waals surface area (Å²) in [6.45, 7) is 0. The van der Waals surface area contributed by atoms with Crippen LogP contribution in [0.2, 0.25) is 0 Å². The van der Waals surface area contributed by atoms with Gasteiger partial charge in [-0.2, -0.15) is 10.1 Å². The van der Waals surface area contributed by atoms with E-state index < -0.39 is 17.7 Å². The first-order chi connectivity index (χ1) is 16.6. The third kappa shape index (κ3) is 3.08. The summed E-state index contributed by atoms with van der Waals surface area (Å²) in [5, 5.41) is 6.09. The fourth-order valence-corrected chi connectivity index (χ4v) is 3.99. The fraction of sp³-hybridized carbons (Fsp3) is 0. The second-order valence-electron chi connectivity index (χ2n) is 7.74. The standard InChI is InChI=1S/C26H16N4O4/c31-24(28-30-25(32)18-11-5-6-12-19(18)26(30)33)20-15-21(29(27-20)17-9-2-1-3-10-17)23-14-16-8-4-7-13-22(16)34-23/h1-15H,(H,28,31). The minimum absolute atomic E-state index is 0.0239. The highest BCUT2D eigenvalue weighted by molar-refractivity contribution is 6.22. The number of carbonyl (C=O) groups is 3. The lowest BCUT2D eigenvalue weighted by molar-refractivity contribution is 0.0516. The molecule has 5 aromatic rings. The highest BCUT2D eigenvalue weighted by Crippen LogP contribution is 2.30. The molecule has 0 atom stereocenters. The Hall–Kier alpha value is -4.98. The molecule has 0 fully saturated rings.